The number of rotatable bonds is 12. The van der Waals surface area contributed by atoms with Gasteiger partial charge in [-0.15, -0.1) is 5.54 Å². The quantitative estimate of drug-likeness (QED) is 0.227. The van der Waals surface area contributed by atoms with Crippen molar-refractivity contribution in [1.82, 2.24) is 0 Å². The molecule has 0 aliphatic carbocycles. The Labute approximate surface area is 177 Å². The molecule has 1 N–H and O–H groups in total. The maximum Gasteiger partial charge on any atom is 0.129 e. The van der Waals surface area contributed by atoms with E-state index in [0.717, 1.165) is 25.3 Å². The summed E-state index contributed by atoms with van der Waals surface area (Å²) in [6.45, 7) is 13.9. The minimum Gasteiger partial charge on any atom is -0.378 e. The van der Waals surface area contributed by atoms with E-state index in [-0.39, 0.29) is 0 Å². The van der Waals surface area contributed by atoms with Crippen LogP contribution in [0.25, 0.3) is 0 Å². The minimum atomic E-state index is -1.55. The molecule has 1 aromatic carbocycles. The summed E-state index contributed by atoms with van der Waals surface area (Å²) in [5.74, 6) is 3.36. The molecule has 3 heteroatoms. The van der Waals surface area contributed by atoms with Crippen molar-refractivity contribution in [3.63, 3.8) is 0 Å². The first-order valence-corrected chi connectivity index (χ1v) is 18.1. The predicted octanol–water partition coefficient (Wildman–Crippen LogP) is 6.74. The molecule has 0 spiro atoms. The van der Waals surface area contributed by atoms with Crippen molar-refractivity contribution in [3.05, 3.63) is 30.3 Å². The molecule has 1 atom stereocenters. The molecule has 1 rings (SSSR count). The first kappa shape index (κ1) is 25.2. The fourth-order valence-electron chi connectivity index (χ4n) is 3.48. The van der Waals surface area contributed by atoms with Crippen LogP contribution in [-0.2, 0) is 0 Å². The maximum atomic E-state index is 11.4. The van der Waals surface area contributed by atoms with Crippen LogP contribution in [0.1, 0.15) is 64.7 Å². The van der Waals surface area contributed by atoms with E-state index in [2.05, 4.69) is 81.5 Å². The van der Waals surface area contributed by atoms with Crippen molar-refractivity contribution in [2.24, 2.45) is 0 Å². The molecule has 1 aromatic rings. The zero-order valence-corrected chi connectivity index (χ0v) is 21.4. The molecule has 158 valence electrons. The lowest BCUT2D eigenvalue weighted by Crippen LogP contribution is -2.43. The molecule has 28 heavy (non-hydrogen) atoms. The third-order valence-corrected chi connectivity index (χ3v) is 9.85. The summed E-state index contributed by atoms with van der Waals surface area (Å²) in [7, 11) is -3.03. The minimum absolute atomic E-state index is 0.803. The zero-order valence-electron chi connectivity index (χ0n) is 19.4. The van der Waals surface area contributed by atoms with Crippen LogP contribution >= 0.6 is 0 Å². The molecule has 0 aliphatic heterocycles. The van der Waals surface area contributed by atoms with E-state index in [1.54, 1.807) is 0 Å². The van der Waals surface area contributed by atoms with Crippen molar-refractivity contribution in [1.29, 1.82) is 0 Å². The van der Waals surface area contributed by atoms with Crippen LogP contribution in [0.4, 0.5) is 0 Å². The Kier molecular flexibility index (Phi) is 10.8. The van der Waals surface area contributed by atoms with E-state index in [1.165, 1.54) is 43.7 Å². The molecule has 0 aromatic heterocycles. The summed E-state index contributed by atoms with van der Waals surface area (Å²) in [5, 5.41) is 12.9. The van der Waals surface area contributed by atoms with Gasteiger partial charge < -0.3 is 5.11 Å². The number of hydrogen-bond acceptors (Lipinski definition) is 1. The highest BCUT2D eigenvalue weighted by molar-refractivity contribution is 6.89. The van der Waals surface area contributed by atoms with Crippen molar-refractivity contribution in [3.8, 4) is 11.5 Å². The average molecular weight is 417 g/mol. The van der Waals surface area contributed by atoms with Crippen LogP contribution in [0.3, 0.4) is 0 Å². The number of unbranched alkanes of at least 4 members (excludes halogenated alkanes) is 6. The maximum absolute atomic E-state index is 11.4. The van der Waals surface area contributed by atoms with Gasteiger partial charge in [0.25, 0.3) is 0 Å². The summed E-state index contributed by atoms with van der Waals surface area (Å²) >= 11 is 0. The Balaban J connectivity index is 2.69. The summed E-state index contributed by atoms with van der Waals surface area (Å²) in [6.07, 6.45) is 10.6. The SMILES string of the molecule is CCCCCCCCCC(O)(C#C[Si](C)(C)C)CC[Si](C)(C)c1ccccc1. The molecule has 0 fully saturated rings. The summed E-state index contributed by atoms with van der Waals surface area (Å²) in [6, 6.07) is 12.0. The lowest BCUT2D eigenvalue weighted by molar-refractivity contribution is 0.0842. The van der Waals surface area contributed by atoms with E-state index in [9.17, 15) is 5.11 Å². The molecule has 0 radical (unpaired) electrons. The molecule has 1 nitrogen and oxygen atoms in total. The normalized spacial score (nSPS) is 14.2. The lowest BCUT2D eigenvalue weighted by atomic mass is 9.94. The van der Waals surface area contributed by atoms with E-state index >= 15 is 0 Å². The van der Waals surface area contributed by atoms with Gasteiger partial charge in [0.1, 0.15) is 13.7 Å². The standard InChI is InChI=1S/C25H44OSi2/c1-7-8-9-10-11-12-16-19-25(26,20-22-27(2,3)4)21-23-28(5,6)24-17-14-13-15-18-24/h13-15,17-18,26H,7-12,16,19,21,23H2,1-6H3. The number of benzene rings is 1. The lowest BCUT2D eigenvalue weighted by Gasteiger charge is -2.29. The Hall–Kier alpha value is -0.826. The van der Waals surface area contributed by atoms with E-state index in [4.69, 9.17) is 0 Å². The van der Waals surface area contributed by atoms with Gasteiger partial charge >= 0.3 is 0 Å². The van der Waals surface area contributed by atoms with Crippen molar-refractivity contribution >= 4 is 21.3 Å². The van der Waals surface area contributed by atoms with Gasteiger partial charge in [0, 0.05) is 0 Å². The molecule has 0 saturated carbocycles. The Morgan fingerprint density at radius 1 is 0.821 bits per heavy atom. The van der Waals surface area contributed by atoms with Crippen LogP contribution in [0.5, 0.6) is 0 Å². The fraction of sp³-hybridized carbons (Fsp3) is 0.680. The highest BCUT2D eigenvalue weighted by atomic mass is 28.3. The smallest absolute Gasteiger partial charge is 0.129 e. The first-order valence-electron chi connectivity index (χ1n) is 11.4. The van der Waals surface area contributed by atoms with Crippen molar-refractivity contribution in [2.45, 2.75) is 109 Å². The molecule has 0 amide bonds. The van der Waals surface area contributed by atoms with Gasteiger partial charge in [0.05, 0.1) is 8.07 Å². The predicted molar refractivity (Wildman–Crippen MR) is 132 cm³/mol. The topological polar surface area (TPSA) is 20.2 Å². The van der Waals surface area contributed by atoms with Gasteiger partial charge in [0.15, 0.2) is 0 Å². The average Bonchev–Trinajstić information content (AvgIpc) is 2.65. The largest absolute Gasteiger partial charge is 0.378 e. The molecule has 0 heterocycles. The third kappa shape index (κ3) is 10.6. The van der Waals surface area contributed by atoms with E-state index < -0.39 is 21.7 Å². The second-order valence-electron chi connectivity index (χ2n) is 10.2. The highest BCUT2D eigenvalue weighted by Crippen LogP contribution is 2.26. The van der Waals surface area contributed by atoms with Crippen LogP contribution in [-0.4, -0.2) is 26.9 Å². The monoisotopic (exact) mass is 416 g/mol. The van der Waals surface area contributed by atoms with Crippen molar-refractivity contribution in [2.75, 3.05) is 0 Å². The fourth-order valence-corrected chi connectivity index (χ4v) is 6.51. The van der Waals surface area contributed by atoms with Gasteiger partial charge in [-0.05, 0) is 25.3 Å². The second-order valence-corrected chi connectivity index (χ2v) is 19.7. The summed E-state index contributed by atoms with van der Waals surface area (Å²) < 4.78 is 0. The summed E-state index contributed by atoms with van der Waals surface area (Å²) in [4.78, 5) is 0. The Morgan fingerprint density at radius 2 is 1.39 bits per heavy atom. The molecule has 0 saturated heterocycles. The molecule has 0 aliphatic rings. The van der Waals surface area contributed by atoms with Gasteiger partial charge in [-0.2, -0.15) is 0 Å². The Bertz CT molecular complexity index is 607. The van der Waals surface area contributed by atoms with E-state index in [1.807, 2.05) is 0 Å². The van der Waals surface area contributed by atoms with Crippen LogP contribution in [0.15, 0.2) is 30.3 Å². The van der Waals surface area contributed by atoms with Crippen LogP contribution in [0, 0.1) is 11.5 Å². The highest BCUT2D eigenvalue weighted by Gasteiger charge is 2.30. The summed E-state index contributed by atoms with van der Waals surface area (Å²) in [5.41, 5.74) is 2.66. The Morgan fingerprint density at radius 3 is 1.96 bits per heavy atom. The van der Waals surface area contributed by atoms with Crippen molar-refractivity contribution < 1.29 is 5.11 Å². The van der Waals surface area contributed by atoms with Crippen LogP contribution in [0.2, 0.25) is 38.8 Å². The third-order valence-electron chi connectivity index (χ3n) is 5.58. The zero-order chi connectivity index (χ0) is 21.1. The van der Waals surface area contributed by atoms with Gasteiger partial charge in [0.2, 0.25) is 0 Å². The number of aliphatic hydroxyl groups is 1. The van der Waals surface area contributed by atoms with Gasteiger partial charge in [-0.1, -0.05) is 120 Å². The van der Waals surface area contributed by atoms with Gasteiger partial charge in [-0.25, -0.2) is 0 Å². The second kappa shape index (κ2) is 12.0. The van der Waals surface area contributed by atoms with E-state index in [0.29, 0.717) is 0 Å². The molecular formula is C25H44OSi2. The van der Waals surface area contributed by atoms with Gasteiger partial charge in [-0.3, -0.25) is 0 Å². The van der Waals surface area contributed by atoms with Crippen LogP contribution < -0.4 is 5.19 Å². The molecule has 0 bridgehead atoms. The number of hydrogen-bond donors (Lipinski definition) is 1. The first-order chi connectivity index (χ1) is 13.1. The molecule has 1 unspecified atom stereocenters. The molecular weight excluding hydrogens is 372 g/mol.